The molecular weight excluding hydrogens is 224 g/mol. The third-order valence-electron chi connectivity index (χ3n) is 4.76. The lowest BCUT2D eigenvalue weighted by Crippen LogP contribution is -2.12. The lowest BCUT2D eigenvalue weighted by molar-refractivity contribution is -0.141. The Labute approximate surface area is 110 Å². The summed E-state index contributed by atoms with van der Waals surface area (Å²) in [7, 11) is 0. The van der Waals surface area contributed by atoms with Crippen LogP contribution in [-0.2, 0) is 4.79 Å². The van der Waals surface area contributed by atoms with Crippen molar-refractivity contribution in [2.24, 2.45) is 23.7 Å². The van der Waals surface area contributed by atoms with E-state index in [0.717, 1.165) is 18.8 Å². The van der Waals surface area contributed by atoms with Gasteiger partial charge in [0.25, 0.3) is 0 Å². The van der Waals surface area contributed by atoms with Gasteiger partial charge in [0.1, 0.15) is 0 Å². The SMILES string of the molecule is CC(C(=O)O)C1CC1CC=CC1CCCCCC1. The number of allylic oxidation sites excluding steroid dienone is 2. The molecule has 0 saturated heterocycles. The van der Waals surface area contributed by atoms with E-state index in [4.69, 9.17) is 5.11 Å². The number of hydrogen-bond donors (Lipinski definition) is 1. The van der Waals surface area contributed by atoms with Gasteiger partial charge in [-0.25, -0.2) is 0 Å². The predicted octanol–water partition coefficient (Wildman–Crippen LogP) is 4.26. The van der Waals surface area contributed by atoms with Crippen LogP contribution in [0, 0.1) is 23.7 Å². The molecule has 18 heavy (non-hydrogen) atoms. The first kappa shape index (κ1) is 13.6. The van der Waals surface area contributed by atoms with Gasteiger partial charge in [-0.15, -0.1) is 0 Å². The first-order valence-corrected chi connectivity index (χ1v) is 7.58. The Morgan fingerprint density at radius 1 is 1.28 bits per heavy atom. The Balaban J connectivity index is 1.68. The molecule has 0 amide bonds. The minimum absolute atomic E-state index is 0.152. The second-order valence-corrected chi connectivity index (χ2v) is 6.20. The van der Waals surface area contributed by atoms with Crippen molar-refractivity contribution in [3.8, 4) is 0 Å². The lowest BCUT2D eigenvalue weighted by Gasteiger charge is -2.07. The Kier molecular flexibility index (Phi) is 4.85. The van der Waals surface area contributed by atoms with Crippen molar-refractivity contribution in [2.45, 2.75) is 58.3 Å². The zero-order valence-corrected chi connectivity index (χ0v) is 11.5. The topological polar surface area (TPSA) is 37.3 Å². The van der Waals surface area contributed by atoms with E-state index in [9.17, 15) is 4.79 Å². The third-order valence-corrected chi connectivity index (χ3v) is 4.76. The molecule has 3 unspecified atom stereocenters. The molecule has 2 fully saturated rings. The summed E-state index contributed by atoms with van der Waals surface area (Å²) in [4.78, 5) is 10.9. The van der Waals surface area contributed by atoms with Gasteiger partial charge in [-0.1, -0.05) is 44.8 Å². The zero-order valence-electron chi connectivity index (χ0n) is 11.5. The molecule has 0 radical (unpaired) electrons. The summed E-state index contributed by atoms with van der Waals surface area (Å²) in [6, 6.07) is 0. The summed E-state index contributed by atoms with van der Waals surface area (Å²) in [5.41, 5.74) is 0. The van der Waals surface area contributed by atoms with E-state index in [-0.39, 0.29) is 5.92 Å². The highest BCUT2D eigenvalue weighted by Crippen LogP contribution is 2.46. The molecule has 2 aliphatic rings. The number of carbonyl (C=O) groups is 1. The smallest absolute Gasteiger partial charge is 0.306 e. The van der Waals surface area contributed by atoms with Crippen molar-refractivity contribution in [3.63, 3.8) is 0 Å². The summed E-state index contributed by atoms with van der Waals surface area (Å²) in [6.45, 7) is 1.85. The third kappa shape index (κ3) is 3.86. The Morgan fingerprint density at radius 2 is 1.94 bits per heavy atom. The molecule has 1 N–H and O–H groups in total. The fourth-order valence-electron chi connectivity index (χ4n) is 3.29. The lowest BCUT2D eigenvalue weighted by atomic mass is 9.98. The van der Waals surface area contributed by atoms with Crippen LogP contribution in [0.2, 0.25) is 0 Å². The molecule has 2 aliphatic carbocycles. The summed E-state index contributed by atoms with van der Waals surface area (Å²) < 4.78 is 0. The van der Waals surface area contributed by atoms with Gasteiger partial charge < -0.3 is 5.11 Å². The highest BCUT2D eigenvalue weighted by atomic mass is 16.4. The van der Waals surface area contributed by atoms with Crippen LogP contribution >= 0.6 is 0 Å². The summed E-state index contributed by atoms with van der Waals surface area (Å²) in [5.74, 6) is 1.08. The zero-order chi connectivity index (χ0) is 13.0. The van der Waals surface area contributed by atoms with Crippen LogP contribution in [0.3, 0.4) is 0 Å². The van der Waals surface area contributed by atoms with E-state index in [1.165, 1.54) is 38.5 Å². The minimum atomic E-state index is -0.629. The van der Waals surface area contributed by atoms with Crippen LogP contribution in [0.25, 0.3) is 0 Å². The van der Waals surface area contributed by atoms with Crippen molar-refractivity contribution in [3.05, 3.63) is 12.2 Å². The first-order chi connectivity index (χ1) is 8.68. The van der Waals surface area contributed by atoms with Crippen LogP contribution in [0.1, 0.15) is 58.3 Å². The summed E-state index contributed by atoms with van der Waals surface area (Å²) >= 11 is 0. The molecule has 0 aliphatic heterocycles. The standard InChI is InChI=1S/C16H26O2/c1-12(16(17)18)15-11-14(15)10-6-9-13-7-4-2-3-5-8-13/h6,9,12-15H,2-5,7-8,10-11H2,1H3,(H,17,18). The second-order valence-electron chi connectivity index (χ2n) is 6.20. The van der Waals surface area contributed by atoms with Crippen molar-refractivity contribution in [1.29, 1.82) is 0 Å². The Hall–Kier alpha value is -0.790. The monoisotopic (exact) mass is 250 g/mol. The van der Waals surface area contributed by atoms with Gasteiger partial charge in [0.15, 0.2) is 0 Å². The summed E-state index contributed by atoms with van der Waals surface area (Å²) in [5, 5.41) is 8.95. The fourth-order valence-corrected chi connectivity index (χ4v) is 3.29. The molecule has 2 rings (SSSR count). The van der Waals surface area contributed by atoms with Crippen LogP contribution in [-0.4, -0.2) is 11.1 Å². The van der Waals surface area contributed by atoms with Crippen molar-refractivity contribution in [2.75, 3.05) is 0 Å². The number of aliphatic carboxylic acids is 1. The highest BCUT2D eigenvalue weighted by molar-refractivity contribution is 5.70. The largest absolute Gasteiger partial charge is 0.481 e. The van der Waals surface area contributed by atoms with Crippen LogP contribution in [0.5, 0.6) is 0 Å². The van der Waals surface area contributed by atoms with E-state index in [1.807, 2.05) is 6.92 Å². The molecule has 3 atom stereocenters. The maximum atomic E-state index is 10.9. The molecule has 0 heterocycles. The van der Waals surface area contributed by atoms with E-state index in [1.54, 1.807) is 0 Å². The van der Waals surface area contributed by atoms with Gasteiger partial charge >= 0.3 is 5.97 Å². The van der Waals surface area contributed by atoms with Gasteiger partial charge in [0, 0.05) is 0 Å². The molecular formula is C16H26O2. The van der Waals surface area contributed by atoms with E-state index in [0.29, 0.717) is 11.8 Å². The molecule has 0 aromatic carbocycles. The van der Waals surface area contributed by atoms with Gasteiger partial charge in [0.05, 0.1) is 5.92 Å². The molecule has 102 valence electrons. The first-order valence-electron chi connectivity index (χ1n) is 7.58. The number of hydrogen-bond acceptors (Lipinski definition) is 1. The normalized spacial score (nSPS) is 31.2. The van der Waals surface area contributed by atoms with Gasteiger partial charge in [-0.05, 0) is 43.4 Å². The van der Waals surface area contributed by atoms with E-state index in [2.05, 4.69) is 12.2 Å². The molecule has 0 aromatic rings. The number of rotatable bonds is 5. The fraction of sp³-hybridized carbons (Fsp3) is 0.812. The number of carboxylic acids is 1. The molecule has 0 spiro atoms. The second kappa shape index (κ2) is 6.40. The van der Waals surface area contributed by atoms with Gasteiger partial charge in [-0.3, -0.25) is 4.79 Å². The molecule has 2 nitrogen and oxygen atoms in total. The number of carboxylic acid groups (broad SMARTS) is 1. The van der Waals surface area contributed by atoms with Crippen molar-refractivity contribution >= 4 is 5.97 Å². The highest BCUT2D eigenvalue weighted by Gasteiger charge is 2.42. The Bertz CT molecular complexity index is 300. The van der Waals surface area contributed by atoms with E-state index >= 15 is 0 Å². The van der Waals surface area contributed by atoms with Gasteiger partial charge in [0.2, 0.25) is 0 Å². The maximum Gasteiger partial charge on any atom is 0.306 e. The average Bonchev–Trinajstić information content (AvgIpc) is 3.12. The van der Waals surface area contributed by atoms with Crippen LogP contribution in [0.15, 0.2) is 12.2 Å². The Morgan fingerprint density at radius 3 is 2.56 bits per heavy atom. The molecule has 2 heteroatoms. The van der Waals surface area contributed by atoms with Crippen molar-refractivity contribution < 1.29 is 9.90 Å². The van der Waals surface area contributed by atoms with E-state index < -0.39 is 5.97 Å². The van der Waals surface area contributed by atoms with Gasteiger partial charge in [-0.2, -0.15) is 0 Å². The minimum Gasteiger partial charge on any atom is -0.481 e. The molecule has 0 bridgehead atoms. The van der Waals surface area contributed by atoms with Crippen LogP contribution < -0.4 is 0 Å². The predicted molar refractivity (Wildman–Crippen MR) is 73.3 cm³/mol. The quantitative estimate of drug-likeness (QED) is 0.584. The summed E-state index contributed by atoms with van der Waals surface area (Å²) in [6.07, 6.45) is 15.2. The molecule has 2 saturated carbocycles. The molecule has 0 aromatic heterocycles. The van der Waals surface area contributed by atoms with Crippen molar-refractivity contribution in [1.82, 2.24) is 0 Å². The maximum absolute atomic E-state index is 10.9. The van der Waals surface area contributed by atoms with Crippen LogP contribution in [0.4, 0.5) is 0 Å². The average molecular weight is 250 g/mol.